The van der Waals surface area contributed by atoms with Crippen LogP contribution < -0.4 is 21.5 Å². The van der Waals surface area contributed by atoms with Gasteiger partial charge in [-0.2, -0.15) is 0 Å². The first kappa shape index (κ1) is 25.0. The molecule has 0 saturated heterocycles. The molecule has 0 spiro atoms. The quantitative estimate of drug-likeness (QED) is 0.436. The van der Waals surface area contributed by atoms with Crippen molar-refractivity contribution in [1.82, 2.24) is 9.88 Å². The van der Waals surface area contributed by atoms with Crippen molar-refractivity contribution in [3.05, 3.63) is 88.3 Å². The molecule has 0 radical (unpaired) electrons. The lowest BCUT2D eigenvalue weighted by Gasteiger charge is -2.19. The first-order chi connectivity index (χ1) is 16.1. The summed E-state index contributed by atoms with van der Waals surface area (Å²) in [7, 11) is -3.36. The molecule has 0 fully saturated rings. The van der Waals surface area contributed by atoms with Gasteiger partial charge in [0.15, 0.2) is 0 Å². The van der Waals surface area contributed by atoms with Crippen molar-refractivity contribution < 1.29 is 18.0 Å². The van der Waals surface area contributed by atoms with E-state index in [0.29, 0.717) is 22.1 Å². The Balaban J connectivity index is 1.70. The first-order valence-electron chi connectivity index (χ1n) is 10.2. The molecule has 1 atom stereocenters. The number of hydrogen-bond donors (Lipinski definition) is 3. The smallest absolute Gasteiger partial charge is 0.319 e. The van der Waals surface area contributed by atoms with Crippen LogP contribution in [-0.4, -0.2) is 43.0 Å². The highest BCUT2D eigenvalue weighted by Gasteiger charge is 2.23. The molecule has 0 saturated carbocycles. The van der Waals surface area contributed by atoms with Gasteiger partial charge in [-0.05, 0) is 61.0 Å². The van der Waals surface area contributed by atoms with Crippen LogP contribution in [0.5, 0.6) is 0 Å². The summed E-state index contributed by atoms with van der Waals surface area (Å²) in [6.45, 7) is 0. The number of aromatic nitrogens is 1. The average molecular weight is 503 g/mol. The summed E-state index contributed by atoms with van der Waals surface area (Å²) in [5.41, 5.74) is 1.28. The highest BCUT2D eigenvalue weighted by molar-refractivity contribution is 7.90. The van der Waals surface area contributed by atoms with Gasteiger partial charge in [0.1, 0.15) is 15.9 Å². The second-order valence-corrected chi connectivity index (χ2v) is 10.2. The van der Waals surface area contributed by atoms with Crippen LogP contribution in [0.15, 0.2) is 77.7 Å². The van der Waals surface area contributed by atoms with Crippen LogP contribution in [0.4, 0.5) is 16.2 Å². The number of halogens is 1. The van der Waals surface area contributed by atoms with Gasteiger partial charge >= 0.3 is 6.03 Å². The van der Waals surface area contributed by atoms with E-state index >= 15 is 0 Å². The lowest BCUT2D eigenvalue weighted by atomic mass is 10.2. The Labute approximate surface area is 201 Å². The molecule has 0 unspecified atom stereocenters. The first-order valence-corrected chi connectivity index (χ1v) is 12.6. The third kappa shape index (κ3) is 7.46. The fraction of sp³-hybridized carbons (Fsp3) is 0.174. The number of pyridine rings is 1. The van der Waals surface area contributed by atoms with E-state index in [1.165, 1.54) is 10.6 Å². The number of nitrogens with zero attached hydrogens (tertiary/aromatic N) is 1. The number of carbonyl (C=O) groups excluding carboxylic acids is 2. The fourth-order valence-corrected chi connectivity index (χ4v) is 3.82. The predicted octanol–water partition coefficient (Wildman–Crippen LogP) is 3.05. The second kappa shape index (κ2) is 11.0. The average Bonchev–Trinajstić information content (AvgIpc) is 2.78. The van der Waals surface area contributed by atoms with E-state index in [4.69, 9.17) is 11.6 Å². The molecule has 34 heavy (non-hydrogen) atoms. The summed E-state index contributed by atoms with van der Waals surface area (Å²) in [5.74, 6) is -0.873. The van der Waals surface area contributed by atoms with Crippen molar-refractivity contribution in [2.75, 3.05) is 22.6 Å². The molecular weight excluding hydrogens is 480 g/mol. The van der Waals surface area contributed by atoms with Gasteiger partial charge in [-0.1, -0.05) is 17.7 Å². The molecule has 0 aliphatic heterocycles. The van der Waals surface area contributed by atoms with Gasteiger partial charge in [-0.3, -0.25) is 14.2 Å². The molecule has 1 heterocycles. The molecule has 9 nitrogen and oxygen atoms in total. The van der Waals surface area contributed by atoms with Gasteiger partial charge in [0, 0.05) is 40.6 Å². The fourth-order valence-electron chi connectivity index (χ4n) is 3.03. The number of sulfone groups is 1. The Morgan fingerprint density at radius 3 is 2.18 bits per heavy atom. The Bertz CT molecular complexity index is 1320. The lowest BCUT2D eigenvalue weighted by Crippen LogP contribution is -2.46. The molecule has 2 aromatic carbocycles. The Morgan fingerprint density at radius 1 is 0.941 bits per heavy atom. The van der Waals surface area contributed by atoms with Crippen LogP contribution in [0.2, 0.25) is 5.02 Å². The molecule has 0 aliphatic rings. The zero-order valence-corrected chi connectivity index (χ0v) is 19.8. The van der Waals surface area contributed by atoms with Gasteiger partial charge in [-0.25, -0.2) is 13.2 Å². The molecule has 3 N–H and O–H groups in total. The minimum absolute atomic E-state index is 0.115. The molecule has 3 amide bonds. The maximum absolute atomic E-state index is 12.9. The van der Waals surface area contributed by atoms with Crippen LogP contribution in [0.1, 0.15) is 6.42 Å². The predicted molar refractivity (Wildman–Crippen MR) is 132 cm³/mol. The number of benzene rings is 2. The molecular formula is C23H23ClN4O5S. The summed E-state index contributed by atoms with van der Waals surface area (Å²) in [6, 6.07) is 15.9. The molecule has 0 aliphatic carbocycles. The molecule has 178 valence electrons. The SMILES string of the molecule is CS(=O)(=O)CC[C@@H](NC(=O)Nc1ccc(Cl)cc1)C(=O)Nc1ccc(-n2ccccc2=O)cc1. The summed E-state index contributed by atoms with van der Waals surface area (Å²) < 4.78 is 24.7. The summed E-state index contributed by atoms with van der Waals surface area (Å²) in [4.78, 5) is 37.2. The van der Waals surface area contributed by atoms with E-state index in [1.54, 1.807) is 66.9 Å². The van der Waals surface area contributed by atoms with Crippen molar-refractivity contribution in [3.8, 4) is 5.69 Å². The van der Waals surface area contributed by atoms with Crippen molar-refractivity contribution in [1.29, 1.82) is 0 Å². The number of anilines is 2. The zero-order chi connectivity index (χ0) is 24.7. The van der Waals surface area contributed by atoms with Crippen LogP contribution in [0.3, 0.4) is 0 Å². The van der Waals surface area contributed by atoms with Crippen molar-refractivity contribution in [3.63, 3.8) is 0 Å². The second-order valence-electron chi connectivity index (χ2n) is 7.52. The maximum Gasteiger partial charge on any atom is 0.319 e. The number of rotatable bonds is 8. The Hall–Kier alpha value is -3.63. The Kier molecular flexibility index (Phi) is 8.08. The standard InChI is InChI=1S/C23H23ClN4O5S/c1-34(32,33)15-13-20(27-23(31)26-18-7-5-16(24)6-8-18)22(30)25-17-9-11-19(12-10-17)28-14-3-2-4-21(28)29/h2-12,14,20H,13,15H2,1H3,(H,25,30)(H2,26,27,31)/t20-/m1/s1. The summed E-state index contributed by atoms with van der Waals surface area (Å²) in [5, 5.41) is 8.26. The Morgan fingerprint density at radius 2 is 1.56 bits per heavy atom. The van der Waals surface area contributed by atoms with E-state index < -0.39 is 27.8 Å². The van der Waals surface area contributed by atoms with Crippen LogP contribution in [0.25, 0.3) is 5.69 Å². The van der Waals surface area contributed by atoms with Crippen LogP contribution in [-0.2, 0) is 14.6 Å². The zero-order valence-electron chi connectivity index (χ0n) is 18.2. The lowest BCUT2D eigenvalue weighted by molar-refractivity contribution is -0.117. The van der Waals surface area contributed by atoms with Gasteiger partial charge in [0.2, 0.25) is 5.91 Å². The molecule has 0 bridgehead atoms. The van der Waals surface area contributed by atoms with Crippen molar-refractivity contribution >= 4 is 44.8 Å². The summed E-state index contributed by atoms with van der Waals surface area (Å²) in [6.07, 6.45) is 2.57. The van der Waals surface area contributed by atoms with Gasteiger partial charge in [0.05, 0.1) is 5.75 Å². The number of hydrogen-bond acceptors (Lipinski definition) is 5. The minimum Gasteiger partial charge on any atom is -0.326 e. The number of carbonyl (C=O) groups is 2. The number of urea groups is 1. The summed E-state index contributed by atoms with van der Waals surface area (Å²) >= 11 is 5.83. The highest BCUT2D eigenvalue weighted by atomic mass is 35.5. The highest BCUT2D eigenvalue weighted by Crippen LogP contribution is 2.15. The van der Waals surface area contributed by atoms with Gasteiger partial charge in [0.25, 0.3) is 5.56 Å². The van der Waals surface area contributed by atoms with Gasteiger partial charge < -0.3 is 16.0 Å². The molecule has 3 aromatic rings. The van der Waals surface area contributed by atoms with Crippen LogP contribution >= 0.6 is 11.6 Å². The number of amides is 3. The van der Waals surface area contributed by atoms with E-state index in [2.05, 4.69) is 16.0 Å². The van der Waals surface area contributed by atoms with E-state index in [-0.39, 0.29) is 17.7 Å². The maximum atomic E-state index is 12.9. The van der Waals surface area contributed by atoms with Crippen molar-refractivity contribution in [2.45, 2.75) is 12.5 Å². The van der Waals surface area contributed by atoms with E-state index in [9.17, 15) is 22.8 Å². The monoisotopic (exact) mass is 502 g/mol. The third-order valence-electron chi connectivity index (χ3n) is 4.74. The topological polar surface area (TPSA) is 126 Å². The van der Waals surface area contributed by atoms with Crippen molar-refractivity contribution in [2.24, 2.45) is 0 Å². The molecule has 3 rings (SSSR count). The van der Waals surface area contributed by atoms with E-state index in [1.807, 2.05) is 0 Å². The van der Waals surface area contributed by atoms with Crippen LogP contribution in [0, 0.1) is 0 Å². The molecule has 1 aromatic heterocycles. The normalized spacial score (nSPS) is 11.9. The third-order valence-corrected chi connectivity index (χ3v) is 5.97. The minimum atomic E-state index is -3.36. The van der Waals surface area contributed by atoms with E-state index in [0.717, 1.165) is 6.26 Å². The number of nitrogens with one attached hydrogen (secondary N) is 3. The largest absolute Gasteiger partial charge is 0.326 e. The molecule has 11 heteroatoms. The van der Waals surface area contributed by atoms with Gasteiger partial charge in [-0.15, -0.1) is 0 Å².